The first kappa shape index (κ1) is 12.2. The average molecular weight is 268 g/mol. The summed E-state index contributed by atoms with van der Waals surface area (Å²) in [7, 11) is 0. The van der Waals surface area contributed by atoms with Crippen molar-refractivity contribution in [2.45, 2.75) is 0 Å². The van der Waals surface area contributed by atoms with Crippen LogP contribution in [0.25, 0.3) is 22.5 Å². The van der Waals surface area contributed by atoms with Crippen molar-refractivity contribution in [2.24, 2.45) is 0 Å². The van der Waals surface area contributed by atoms with E-state index in [9.17, 15) is 9.18 Å². The van der Waals surface area contributed by atoms with Crippen molar-refractivity contribution in [1.82, 2.24) is 19.9 Å². The number of nitrogens with one attached hydrogen (secondary N) is 1. The van der Waals surface area contributed by atoms with Crippen LogP contribution in [0.2, 0.25) is 0 Å². The molecular weight excluding hydrogens is 259 g/mol. The van der Waals surface area contributed by atoms with Gasteiger partial charge in [-0.2, -0.15) is 0 Å². The molecule has 0 spiro atoms. The van der Waals surface area contributed by atoms with Crippen molar-refractivity contribution in [2.75, 3.05) is 0 Å². The fraction of sp³-hybridized carbons (Fsp3) is 0. The van der Waals surface area contributed by atoms with Crippen molar-refractivity contribution < 1.29 is 4.39 Å². The maximum atomic E-state index is 13.9. The monoisotopic (exact) mass is 268 g/mol. The Balaban J connectivity index is 2.28. The Morgan fingerprint density at radius 1 is 1.05 bits per heavy atom. The summed E-state index contributed by atoms with van der Waals surface area (Å²) in [6.07, 6.45) is 6.89. The van der Waals surface area contributed by atoms with Gasteiger partial charge in [0.25, 0.3) is 5.56 Å². The lowest BCUT2D eigenvalue weighted by Gasteiger charge is -2.08. The molecule has 0 aliphatic rings. The third-order valence-corrected chi connectivity index (χ3v) is 2.77. The smallest absolute Gasteiger partial charge is 0.266 e. The predicted octanol–water partition coefficient (Wildman–Crippen LogP) is 2.03. The highest BCUT2D eigenvalue weighted by atomic mass is 19.1. The maximum Gasteiger partial charge on any atom is 0.266 e. The van der Waals surface area contributed by atoms with Gasteiger partial charge in [0, 0.05) is 29.7 Å². The maximum absolute atomic E-state index is 13.9. The third kappa shape index (κ3) is 2.18. The minimum absolute atomic E-state index is 0.273. The van der Waals surface area contributed by atoms with Gasteiger partial charge in [-0.1, -0.05) is 0 Å². The van der Waals surface area contributed by atoms with Crippen molar-refractivity contribution in [3.8, 4) is 22.5 Å². The molecule has 5 nitrogen and oxygen atoms in total. The molecular formula is C14H9FN4O. The topological polar surface area (TPSA) is 71.5 Å². The zero-order chi connectivity index (χ0) is 13.9. The minimum Gasteiger partial charge on any atom is -0.319 e. The molecule has 0 amide bonds. The molecule has 6 heteroatoms. The number of rotatable bonds is 2. The molecule has 0 aliphatic carbocycles. The van der Waals surface area contributed by atoms with E-state index in [0.29, 0.717) is 17.0 Å². The van der Waals surface area contributed by atoms with Gasteiger partial charge >= 0.3 is 0 Å². The van der Waals surface area contributed by atoms with E-state index < -0.39 is 5.82 Å². The fourth-order valence-corrected chi connectivity index (χ4v) is 1.89. The lowest BCUT2D eigenvalue weighted by Crippen LogP contribution is -2.09. The van der Waals surface area contributed by atoms with Crippen LogP contribution in [-0.4, -0.2) is 19.9 Å². The van der Waals surface area contributed by atoms with Gasteiger partial charge in [-0.15, -0.1) is 0 Å². The van der Waals surface area contributed by atoms with Crippen LogP contribution in [0.4, 0.5) is 4.39 Å². The Labute approximate surface area is 113 Å². The SMILES string of the molecule is O=c1cnc(-c2ccncc2F)c(-c2cccnc2)[nH]1. The average Bonchev–Trinajstić information content (AvgIpc) is 2.49. The zero-order valence-electron chi connectivity index (χ0n) is 10.2. The predicted molar refractivity (Wildman–Crippen MR) is 71.3 cm³/mol. The Morgan fingerprint density at radius 3 is 2.65 bits per heavy atom. The van der Waals surface area contributed by atoms with Crippen molar-refractivity contribution >= 4 is 0 Å². The third-order valence-electron chi connectivity index (χ3n) is 2.77. The molecule has 3 aromatic heterocycles. The van der Waals surface area contributed by atoms with E-state index in [1.165, 1.54) is 12.3 Å². The van der Waals surface area contributed by atoms with Crippen LogP contribution in [0, 0.1) is 5.82 Å². The van der Waals surface area contributed by atoms with Crippen LogP contribution in [0.1, 0.15) is 0 Å². The number of hydrogen-bond acceptors (Lipinski definition) is 4. The summed E-state index contributed by atoms with van der Waals surface area (Å²) in [4.78, 5) is 25.9. The summed E-state index contributed by atoms with van der Waals surface area (Å²) < 4.78 is 13.9. The first-order valence-corrected chi connectivity index (χ1v) is 5.85. The molecule has 20 heavy (non-hydrogen) atoms. The highest BCUT2D eigenvalue weighted by Gasteiger charge is 2.13. The van der Waals surface area contributed by atoms with Gasteiger partial charge in [-0.3, -0.25) is 14.8 Å². The number of nitrogens with zero attached hydrogens (tertiary/aromatic N) is 3. The molecule has 3 rings (SSSR count). The van der Waals surface area contributed by atoms with E-state index in [4.69, 9.17) is 0 Å². The minimum atomic E-state index is -0.503. The summed E-state index contributed by atoms with van der Waals surface area (Å²) >= 11 is 0. The van der Waals surface area contributed by atoms with Gasteiger partial charge in [0.2, 0.25) is 0 Å². The van der Waals surface area contributed by atoms with Gasteiger partial charge in [0.05, 0.1) is 23.8 Å². The summed E-state index contributed by atoms with van der Waals surface area (Å²) in [6, 6.07) is 5.01. The molecule has 1 N–H and O–H groups in total. The fourth-order valence-electron chi connectivity index (χ4n) is 1.89. The van der Waals surface area contributed by atoms with E-state index in [2.05, 4.69) is 19.9 Å². The van der Waals surface area contributed by atoms with Crippen LogP contribution in [0.5, 0.6) is 0 Å². The molecule has 3 heterocycles. The highest BCUT2D eigenvalue weighted by Crippen LogP contribution is 2.28. The van der Waals surface area contributed by atoms with Gasteiger partial charge in [-0.25, -0.2) is 9.37 Å². The molecule has 0 aliphatic heterocycles. The molecule has 0 unspecified atom stereocenters. The summed E-state index contributed by atoms with van der Waals surface area (Å²) in [5, 5.41) is 0. The molecule has 0 saturated carbocycles. The van der Waals surface area contributed by atoms with E-state index in [0.717, 1.165) is 12.4 Å². The summed E-state index contributed by atoms with van der Waals surface area (Å²) in [5.74, 6) is -0.503. The molecule has 0 saturated heterocycles. The molecule has 0 atom stereocenters. The Kier molecular flexibility index (Phi) is 3.04. The lowest BCUT2D eigenvalue weighted by molar-refractivity contribution is 0.624. The van der Waals surface area contributed by atoms with E-state index in [-0.39, 0.29) is 11.1 Å². The number of H-pyrrole nitrogens is 1. The van der Waals surface area contributed by atoms with Crippen LogP contribution < -0.4 is 5.56 Å². The van der Waals surface area contributed by atoms with Crippen LogP contribution in [0.3, 0.4) is 0 Å². The Hall–Kier alpha value is -2.89. The second-order valence-electron chi connectivity index (χ2n) is 4.07. The molecule has 3 aromatic rings. The number of halogens is 1. The molecule has 0 fully saturated rings. The van der Waals surface area contributed by atoms with Gasteiger partial charge in [0.15, 0.2) is 5.82 Å². The number of aromatic amines is 1. The van der Waals surface area contributed by atoms with E-state index in [1.807, 2.05) is 0 Å². The number of pyridine rings is 2. The summed E-state index contributed by atoms with van der Waals surface area (Å²) in [6.45, 7) is 0. The molecule has 0 radical (unpaired) electrons. The Morgan fingerprint density at radius 2 is 1.90 bits per heavy atom. The first-order chi connectivity index (χ1) is 9.75. The highest BCUT2D eigenvalue weighted by molar-refractivity contribution is 5.77. The molecule has 98 valence electrons. The second-order valence-corrected chi connectivity index (χ2v) is 4.07. The standard InChI is InChI=1S/C14H9FN4O/c15-11-7-17-5-3-10(11)14-13(19-12(20)8-18-14)9-2-1-4-16-6-9/h1-8H,(H,19,20). The Bertz CT molecular complexity index is 802. The van der Waals surface area contributed by atoms with Gasteiger partial charge in [-0.05, 0) is 18.2 Å². The first-order valence-electron chi connectivity index (χ1n) is 5.85. The van der Waals surface area contributed by atoms with Crippen molar-refractivity contribution in [3.05, 3.63) is 65.4 Å². The van der Waals surface area contributed by atoms with Crippen LogP contribution in [-0.2, 0) is 0 Å². The molecule has 0 aromatic carbocycles. The summed E-state index contributed by atoms with van der Waals surface area (Å²) in [5.41, 5.74) is 1.34. The normalized spacial score (nSPS) is 10.4. The second kappa shape index (κ2) is 5.00. The number of aromatic nitrogens is 4. The van der Waals surface area contributed by atoms with Crippen LogP contribution in [0.15, 0.2) is 54.0 Å². The number of hydrogen-bond donors (Lipinski definition) is 1. The van der Waals surface area contributed by atoms with E-state index >= 15 is 0 Å². The largest absolute Gasteiger partial charge is 0.319 e. The van der Waals surface area contributed by atoms with Crippen molar-refractivity contribution in [1.29, 1.82) is 0 Å². The van der Waals surface area contributed by atoms with Crippen LogP contribution >= 0.6 is 0 Å². The zero-order valence-corrected chi connectivity index (χ0v) is 10.2. The van der Waals surface area contributed by atoms with Gasteiger partial charge in [0.1, 0.15) is 0 Å². The lowest BCUT2D eigenvalue weighted by atomic mass is 10.1. The van der Waals surface area contributed by atoms with E-state index in [1.54, 1.807) is 24.5 Å². The quantitative estimate of drug-likeness (QED) is 0.772. The van der Waals surface area contributed by atoms with Crippen molar-refractivity contribution in [3.63, 3.8) is 0 Å². The molecule has 0 bridgehead atoms. The van der Waals surface area contributed by atoms with Gasteiger partial charge < -0.3 is 4.98 Å².